The fourth-order valence-corrected chi connectivity index (χ4v) is 2.89. The standard InChI is InChI=1S/C21H19FO5/c1-12-16-8-9-18(26-11-14-4-6-15(22)7-5-14)13(2)20(16)27-21(24)17(12)10-19(23)25-3/h4-9H,10-11H2,1-3H3. The van der Waals surface area contributed by atoms with Crippen molar-refractivity contribution < 1.29 is 23.1 Å². The van der Waals surface area contributed by atoms with Crippen LogP contribution < -0.4 is 10.4 Å². The van der Waals surface area contributed by atoms with Crippen molar-refractivity contribution in [3.8, 4) is 5.75 Å². The lowest BCUT2D eigenvalue weighted by Gasteiger charge is -2.13. The molecule has 2 aromatic carbocycles. The summed E-state index contributed by atoms with van der Waals surface area (Å²) in [6.07, 6.45) is -0.136. The van der Waals surface area contributed by atoms with Crippen molar-refractivity contribution in [2.45, 2.75) is 26.9 Å². The second-order valence-electron chi connectivity index (χ2n) is 6.23. The molecule has 0 N–H and O–H groups in total. The minimum atomic E-state index is -0.566. The van der Waals surface area contributed by atoms with E-state index < -0.39 is 11.6 Å². The van der Waals surface area contributed by atoms with E-state index in [1.54, 1.807) is 38.1 Å². The summed E-state index contributed by atoms with van der Waals surface area (Å²) in [4.78, 5) is 23.9. The average molecular weight is 370 g/mol. The SMILES string of the molecule is COC(=O)Cc1c(C)c2ccc(OCc3ccc(F)cc3)c(C)c2oc1=O. The van der Waals surface area contributed by atoms with Crippen LogP contribution in [0.25, 0.3) is 11.0 Å². The summed E-state index contributed by atoms with van der Waals surface area (Å²) in [5.41, 5.74) is 2.32. The zero-order valence-corrected chi connectivity index (χ0v) is 15.3. The van der Waals surface area contributed by atoms with E-state index in [2.05, 4.69) is 4.74 Å². The van der Waals surface area contributed by atoms with Gasteiger partial charge in [0, 0.05) is 10.9 Å². The maximum Gasteiger partial charge on any atom is 0.340 e. The quantitative estimate of drug-likeness (QED) is 0.504. The second-order valence-corrected chi connectivity index (χ2v) is 6.23. The van der Waals surface area contributed by atoms with Crippen LogP contribution in [0, 0.1) is 19.7 Å². The maximum absolute atomic E-state index is 13.0. The average Bonchev–Trinajstić information content (AvgIpc) is 2.66. The van der Waals surface area contributed by atoms with E-state index in [-0.39, 0.29) is 24.4 Å². The molecule has 0 unspecified atom stereocenters. The minimum absolute atomic E-state index is 0.136. The molecule has 5 nitrogen and oxygen atoms in total. The number of fused-ring (bicyclic) bond motifs is 1. The zero-order valence-electron chi connectivity index (χ0n) is 15.3. The molecule has 3 rings (SSSR count). The first kappa shape index (κ1) is 18.6. The van der Waals surface area contributed by atoms with Crippen molar-refractivity contribution in [2.75, 3.05) is 7.11 Å². The largest absolute Gasteiger partial charge is 0.488 e. The molecule has 140 valence electrons. The number of methoxy groups -OCH3 is 1. The van der Waals surface area contributed by atoms with Crippen LogP contribution in [0.2, 0.25) is 0 Å². The Labute approximate surface area is 155 Å². The fourth-order valence-electron chi connectivity index (χ4n) is 2.89. The lowest BCUT2D eigenvalue weighted by Crippen LogP contribution is -2.16. The molecule has 27 heavy (non-hydrogen) atoms. The van der Waals surface area contributed by atoms with Crippen LogP contribution in [0.3, 0.4) is 0 Å². The van der Waals surface area contributed by atoms with Crippen molar-refractivity contribution >= 4 is 16.9 Å². The van der Waals surface area contributed by atoms with Crippen LogP contribution >= 0.6 is 0 Å². The van der Waals surface area contributed by atoms with Crippen molar-refractivity contribution in [1.82, 2.24) is 0 Å². The van der Waals surface area contributed by atoms with Gasteiger partial charge >= 0.3 is 11.6 Å². The normalized spacial score (nSPS) is 10.8. The van der Waals surface area contributed by atoms with Gasteiger partial charge in [-0.25, -0.2) is 9.18 Å². The third-order valence-electron chi connectivity index (χ3n) is 4.51. The molecule has 0 bridgehead atoms. The van der Waals surface area contributed by atoms with E-state index >= 15 is 0 Å². The van der Waals surface area contributed by atoms with Gasteiger partial charge in [0.25, 0.3) is 0 Å². The van der Waals surface area contributed by atoms with E-state index in [4.69, 9.17) is 9.15 Å². The molecular formula is C21H19FO5. The van der Waals surface area contributed by atoms with Crippen LogP contribution in [0.4, 0.5) is 4.39 Å². The summed E-state index contributed by atoms with van der Waals surface area (Å²) in [7, 11) is 1.27. The highest BCUT2D eigenvalue weighted by Gasteiger charge is 2.17. The van der Waals surface area contributed by atoms with Gasteiger partial charge < -0.3 is 13.9 Å². The Kier molecular flexibility index (Phi) is 5.26. The summed E-state index contributed by atoms with van der Waals surface area (Å²) in [5, 5.41) is 0.736. The van der Waals surface area contributed by atoms with E-state index in [9.17, 15) is 14.0 Å². The van der Waals surface area contributed by atoms with Crippen molar-refractivity contribution in [2.24, 2.45) is 0 Å². The molecule has 0 radical (unpaired) electrons. The van der Waals surface area contributed by atoms with Gasteiger partial charge in [-0.05, 0) is 49.2 Å². The number of aryl methyl sites for hydroxylation is 2. The molecule has 0 fully saturated rings. The molecule has 0 saturated heterocycles. The van der Waals surface area contributed by atoms with E-state index in [1.165, 1.54) is 19.2 Å². The van der Waals surface area contributed by atoms with Gasteiger partial charge in [0.15, 0.2) is 0 Å². The number of benzene rings is 2. The molecule has 0 spiro atoms. The monoisotopic (exact) mass is 370 g/mol. The second kappa shape index (κ2) is 7.61. The van der Waals surface area contributed by atoms with Gasteiger partial charge in [-0.1, -0.05) is 12.1 Å². The van der Waals surface area contributed by atoms with E-state index in [0.29, 0.717) is 22.5 Å². The molecule has 0 amide bonds. The van der Waals surface area contributed by atoms with Gasteiger partial charge in [-0.2, -0.15) is 0 Å². The highest BCUT2D eigenvalue weighted by atomic mass is 19.1. The highest BCUT2D eigenvalue weighted by Crippen LogP contribution is 2.30. The number of carbonyl (C=O) groups excluding carboxylic acids is 1. The van der Waals surface area contributed by atoms with Crippen molar-refractivity contribution in [3.63, 3.8) is 0 Å². The van der Waals surface area contributed by atoms with E-state index in [1.807, 2.05) is 0 Å². The first-order valence-corrected chi connectivity index (χ1v) is 8.40. The lowest BCUT2D eigenvalue weighted by atomic mass is 10.0. The van der Waals surface area contributed by atoms with Crippen LogP contribution in [-0.2, 0) is 22.6 Å². The summed E-state index contributed by atoms with van der Waals surface area (Å²) in [6.45, 7) is 3.83. The molecule has 0 aliphatic carbocycles. The van der Waals surface area contributed by atoms with E-state index in [0.717, 1.165) is 10.9 Å². The number of ether oxygens (including phenoxy) is 2. The summed E-state index contributed by atoms with van der Waals surface area (Å²) >= 11 is 0. The van der Waals surface area contributed by atoms with Gasteiger partial charge in [0.1, 0.15) is 23.8 Å². The number of hydrogen-bond donors (Lipinski definition) is 0. The molecule has 6 heteroatoms. The maximum atomic E-state index is 13.0. The Morgan fingerprint density at radius 3 is 2.44 bits per heavy atom. The van der Waals surface area contributed by atoms with Gasteiger partial charge in [-0.3, -0.25) is 4.79 Å². The molecular weight excluding hydrogens is 351 g/mol. The molecule has 1 aromatic heterocycles. The Hall–Kier alpha value is -3.15. The Bertz CT molecular complexity index is 1050. The van der Waals surface area contributed by atoms with Crippen LogP contribution in [0.1, 0.15) is 22.3 Å². The van der Waals surface area contributed by atoms with Crippen LogP contribution in [-0.4, -0.2) is 13.1 Å². The highest BCUT2D eigenvalue weighted by molar-refractivity contribution is 5.86. The number of halogens is 1. The molecule has 0 aliphatic rings. The van der Waals surface area contributed by atoms with Crippen molar-refractivity contribution in [1.29, 1.82) is 0 Å². The third kappa shape index (κ3) is 3.84. The first-order valence-electron chi connectivity index (χ1n) is 8.40. The van der Waals surface area contributed by atoms with Crippen LogP contribution in [0.15, 0.2) is 45.6 Å². The first-order chi connectivity index (χ1) is 12.9. The molecule has 3 aromatic rings. The molecule has 0 saturated carbocycles. The number of carbonyl (C=O) groups is 1. The number of esters is 1. The predicted molar refractivity (Wildman–Crippen MR) is 98.4 cm³/mol. The number of rotatable bonds is 5. The summed E-state index contributed by atoms with van der Waals surface area (Å²) < 4.78 is 28.9. The molecule has 0 atom stereocenters. The molecule has 0 aliphatic heterocycles. The third-order valence-corrected chi connectivity index (χ3v) is 4.51. The van der Waals surface area contributed by atoms with Crippen molar-refractivity contribution in [3.05, 3.63) is 74.9 Å². The lowest BCUT2D eigenvalue weighted by molar-refractivity contribution is -0.139. The van der Waals surface area contributed by atoms with Gasteiger partial charge in [0.05, 0.1) is 19.1 Å². The Morgan fingerprint density at radius 1 is 1.07 bits per heavy atom. The van der Waals surface area contributed by atoms with Crippen LogP contribution in [0.5, 0.6) is 5.75 Å². The Morgan fingerprint density at radius 2 is 1.78 bits per heavy atom. The van der Waals surface area contributed by atoms with Gasteiger partial charge in [0.2, 0.25) is 0 Å². The predicted octanol–water partition coefficient (Wildman–Crippen LogP) is 3.84. The Balaban J connectivity index is 1.94. The fraction of sp³-hybridized carbons (Fsp3) is 0.238. The topological polar surface area (TPSA) is 65.7 Å². The van der Waals surface area contributed by atoms with Gasteiger partial charge in [-0.15, -0.1) is 0 Å². The smallest absolute Gasteiger partial charge is 0.340 e. The molecule has 1 heterocycles. The summed E-state index contributed by atoms with van der Waals surface area (Å²) in [5.74, 6) is -0.239. The summed E-state index contributed by atoms with van der Waals surface area (Å²) in [6, 6.07) is 9.62. The zero-order chi connectivity index (χ0) is 19.6. The minimum Gasteiger partial charge on any atom is -0.488 e. The number of hydrogen-bond acceptors (Lipinski definition) is 5.